The Kier molecular flexibility index (Phi) is 4.87. The van der Waals surface area contributed by atoms with Crippen molar-refractivity contribution < 1.29 is 9.90 Å². The van der Waals surface area contributed by atoms with Crippen LogP contribution in [0.15, 0.2) is 24.3 Å². The number of hydrogen-bond donors (Lipinski definition) is 1. The molecule has 1 N–H and O–H groups in total. The highest BCUT2D eigenvalue weighted by molar-refractivity contribution is 6.30. The summed E-state index contributed by atoms with van der Waals surface area (Å²) < 4.78 is 0. The number of aliphatic carboxylic acids is 1. The van der Waals surface area contributed by atoms with E-state index in [2.05, 4.69) is 6.92 Å². The zero-order valence-corrected chi connectivity index (χ0v) is 12.1. The highest BCUT2D eigenvalue weighted by Gasteiger charge is 2.31. The van der Waals surface area contributed by atoms with Gasteiger partial charge < -0.3 is 5.11 Å². The monoisotopic (exact) mass is 280 g/mol. The molecule has 1 aliphatic rings. The normalized spacial score (nSPS) is 24.9. The van der Waals surface area contributed by atoms with Gasteiger partial charge in [0.2, 0.25) is 0 Å². The summed E-state index contributed by atoms with van der Waals surface area (Å²) in [6, 6.07) is 7.55. The SMILES string of the molecule is CC1CCC(C(Cc2cccc(Cl)c2)C(=O)O)CC1. The van der Waals surface area contributed by atoms with E-state index in [4.69, 9.17) is 11.6 Å². The van der Waals surface area contributed by atoms with Crippen molar-refractivity contribution in [3.63, 3.8) is 0 Å². The summed E-state index contributed by atoms with van der Waals surface area (Å²) in [6.07, 6.45) is 4.99. The molecule has 19 heavy (non-hydrogen) atoms. The van der Waals surface area contributed by atoms with Crippen molar-refractivity contribution in [2.24, 2.45) is 17.8 Å². The molecule has 0 saturated heterocycles. The summed E-state index contributed by atoms with van der Waals surface area (Å²) in [5, 5.41) is 10.2. The maximum atomic E-state index is 11.5. The second-order valence-corrected chi connectivity index (χ2v) is 6.24. The van der Waals surface area contributed by atoms with E-state index in [9.17, 15) is 9.90 Å². The Bertz CT molecular complexity index is 436. The van der Waals surface area contributed by atoms with E-state index in [0.717, 1.165) is 37.2 Å². The Balaban J connectivity index is 2.06. The summed E-state index contributed by atoms with van der Waals surface area (Å²) in [7, 11) is 0. The summed E-state index contributed by atoms with van der Waals surface area (Å²) >= 11 is 5.97. The zero-order valence-electron chi connectivity index (χ0n) is 11.3. The first-order chi connectivity index (χ1) is 9.06. The van der Waals surface area contributed by atoms with Crippen molar-refractivity contribution in [1.29, 1.82) is 0 Å². The van der Waals surface area contributed by atoms with E-state index in [1.165, 1.54) is 0 Å². The molecule has 104 valence electrons. The summed E-state index contributed by atoms with van der Waals surface area (Å²) in [4.78, 5) is 11.5. The molecule has 1 aromatic rings. The molecule has 1 aromatic carbocycles. The number of rotatable bonds is 4. The zero-order chi connectivity index (χ0) is 13.8. The van der Waals surface area contributed by atoms with Gasteiger partial charge in [-0.2, -0.15) is 0 Å². The van der Waals surface area contributed by atoms with E-state index in [-0.39, 0.29) is 5.92 Å². The van der Waals surface area contributed by atoms with Crippen LogP contribution in [0.2, 0.25) is 5.02 Å². The lowest BCUT2D eigenvalue weighted by molar-refractivity contribution is -0.144. The van der Waals surface area contributed by atoms with Gasteiger partial charge in [-0.3, -0.25) is 4.79 Å². The van der Waals surface area contributed by atoms with Crippen molar-refractivity contribution in [2.45, 2.75) is 39.0 Å². The fraction of sp³-hybridized carbons (Fsp3) is 0.562. The van der Waals surface area contributed by atoms with Crippen LogP contribution >= 0.6 is 11.6 Å². The fourth-order valence-corrected chi connectivity index (χ4v) is 3.27. The van der Waals surface area contributed by atoms with Crippen molar-refractivity contribution in [1.82, 2.24) is 0 Å². The number of carboxylic acids is 1. The van der Waals surface area contributed by atoms with Crippen LogP contribution in [0.3, 0.4) is 0 Å². The molecule has 1 unspecified atom stereocenters. The van der Waals surface area contributed by atoms with E-state index >= 15 is 0 Å². The van der Waals surface area contributed by atoms with Crippen LogP contribution in [0, 0.1) is 17.8 Å². The van der Waals surface area contributed by atoms with Crippen molar-refractivity contribution in [3.05, 3.63) is 34.9 Å². The van der Waals surface area contributed by atoms with E-state index in [1.54, 1.807) is 0 Å². The van der Waals surface area contributed by atoms with Gasteiger partial charge in [0, 0.05) is 5.02 Å². The van der Waals surface area contributed by atoms with Gasteiger partial charge >= 0.3 is 5.97 Å². The minimum Gasteiger partial charge on any atom is -0.481 e. The lowest BCUT2D eigenvalue weighted by atomic mass is 9.74. The first-order valence-corrected chi connectivity index (χ1v) is 7.41. The Morgan fingerprint density at radius 1 is 1.37 bits per heavy atom. The third-order valence-corrected chi connectivity index (χ3v) is 4.53. The summed E-state index contributed by atoms with van der Waals surface area (Å²) in [5.74, 6) is 0.120. The van der Waals surface area contributed by atoms with Crippen LogP contribution in [-0.4, -0.2) is 11.1 Å². The Hall–Kier alpha value is -1.02. The van der Waals surface area contributed by atoms with Crippen LogP contribution in [0.25, 0.3) is 0 Å². The Labute approximate surface area is 119 Å². The van der Waals surface area contributed by atoms with Gasteiger partial charge in [-0.1, -0.05) is 43.5 Å². The molecular formula is C16H21ClO2. The Morgan fingerprint density at radius 2 is 2.05 bits per heavy atom. The van der Waals surface area contributed by atoms with Crippen LogP contribution in [0.4, 0.5) is 0 Å². The van der Waals surface area contributed by atoms with Gasteiger partial charge in [0.05, 0.1) is 5.92 Å². The molecule has 1 saturated carbocycles. The van der Waals surface area contributed by atoms with E-state index < -0.39 is 5.97 Å². The largest absolute Gasteiger partial charge is 0.481 e. The highest BCUT2D eigenvalue weighted by atomic mass is 35.5. The molecule has 0 aliphatic heterocycles. The van der Waals surface area contributed by atoms with E-state index in [0.29, 0.717) is 17.4 Å². The first kappa shape index (κ1) is 14.4. The molecule has 2 rings (SSSR count). The maximum absolute atomic E-state index is 11.5. The predicted octanol–water partition coefficient (Wildman–Crippen LogP) is 4.41. The first-order valence-electron chi connectivity index (χ1n) is 7.03. The van der Waals surface area contributed by atoms with Gasteiger partial charge in [-0.05, 0) is 48.8 Å². The second-order valence-electron chi connectivity index (χ2n) is 5.80. The molecule has 0 bridgehead atoms. The van der Waals surface area contributed by atoms with Gasteiger partial charge in [-0.15, -0.1) is 0 Å². The van der Waals surface area contributed by atoms with Gasteiger partial charge in [0.25, 0.3) is 0 Å². The third-order valence-electron chi connectivity index (χ3n) is 4.29. The number of carboxylic acid groups (broad SMARTS) is 1. The summed E-state index contributed by atoms with van der Waals surface area (Å²) in [6.45, 7) is 2.25. The fourth-order valence-electron chi connectivity index (χ4n) is 3.06. The van der Waals surface area contributed by atoms with Crippen molar-refractivity contribution in [3.8, 4) is 0 Å². The standard InChI is InChI=1S/C16H21ClO2/c1-11-5-7-13(8-6-11)15(16(18)19)10-12-3-2-4-14(17)9-12/h2-4,9,11,13,15H,5-8,10H2,1H3,(H,18,19). The number of halogens is 1. The predicted molar refractivity (Wildman–Crippen MR) is 77.4 cm³/mol. The summed E-state index contributed by atoms with van der Waals surface area (Å²) in [5.41, 5.74) is 1.03. The van der Waals surface area contributed by atoms with Crippen LogP contribution in [0.5, 0.6) is 0 Å². The van der Waals surface area contributed by atoms with Crippen LogP contribution in [0.1, 0.15) is 38.2 Å². The van der Waals surface area contributed by atoms with E-state index in [1.807, 2.05) is 24.3 Å². The average Bonchev–Trinajstić information content (AvgIpc) is 2.37. The van der Waals surface area contributed by atoms with Crippen LogP contribution < -0.4 is 0 Å². The molecule has 2 nitrogen and oxygen atoms in total. The number of carbonyl (C=O) groups is 1. The minimum atomic E-state index is -0.667. The molecule has 3 heteroatoms. The Morgan fingerprint density at radius 3 is 2.63 bits per heavy atom. The minimum absolute atomic E-state index is 0.272. The van der Waals surface area contributed by atoms with Gasteiger partial charge in [0.1, 0.15) is 0 Å². The molecule has 1 aliphatic carbocycles. The molecule has 0 amide bonds. The number of benzene rings is 1. The molecular weight excluding hydrogens is 260 g/mol. The number of hydrogen-bond acceptors (Lipinski definition) is 1. The average molecular weight is 281 g/mol. The van der Waals surface area contributed by atoms with Gasteiger partial charge in [0.15, 0.2) is 0 Å². The van der Waals surface area contributed by atoms with Crippen LogP contribution in [-0.2, 0) is 11.2 Å². The molecule has 0 spiro atoms. The molecule has 1 fully saturated rings. The topological polar surface area (TPSA) is 37.3 Å². The van der Waals surface area contributed by atoms with Gasteiger partial charge in [-0.25, -0.2) is 0 Å². The quantitative estimate of drug-likeness (QED) is 0.887. The highest BCUT2D eigenvalue weighted by Crippen LogP contribution is 2.35. The third kappa shape index (κ3) is 3.97. The smallest absolute Gasteiger partial charge is 0.307 e. The van der Waals surface area contributed by atoms with Crippen molar-refractivity contribution in [2.75, 3.05) is 0 Å². The molecule has 0 heterocycles. The molecule has 0 radical (unpaired) electrons. The van der Waals surface area contributed by atoms with Crippen molar-refractivity contribution >= 4 is 17.6 Å². The lowest BCUT2D eigenvalue weighted by Gasteiger charge is -2.30. The second kappa shape index (κ2) is 6.42. The lowest BCUT2D eigenvalue weighted by Crippen LogP contribution is -2.29. The molecule has 1 atom stereocenters. The maximum Gasteiger partial charge on any atom is 0.307 e. The molecule has 0 aromatic heterocycles.